The number of hydrogen-bond acceptors (Lipinski definition) is 5. The number of carbonyl (C=O) groups excluding carboxylic acids is 1. The lowest BCUT2D eigenvalue weighted by molar-refractivity contribution is -0.119. The molecule has 6 heteroatoms. The summed E-state index contributed by atoms with van der Waals surface area (Å²) in [4.78, 5) is 21.0. The van der Waals surface area contributed by atoms with Crippen LogP contribution in [0.3, 0.4) is 0 Å². The van der Waals surface area contributed by atoms with Crippen LogP contribution in [-0.2, 0) is 4.79 Å². The number of nitrogen functional groups attached to an aromatic ring is 1. The molecular weight excluding hydrogens is 194 g/mol. The average Bonchev–Trinajstić information content (AvgIpc) is 2.16. The van der Waals surface area contributed by atoms with Gasteiger partial charge in [-0.2, -0.15) is 0 Å². The molecular formula is C9H15N5O. The first-order valence-electron chi connectivity index (χ1n) is 4.56. The van der Waals surface area contributed by atoms with Crippen LogP contribution in [0.15, 0.2) is 6.07 Å². The van der Waals surface area contributed by atoms with E-state index < -0.39 is 0 Å². The molecule has 6 nitrogen and oxygen atoms in total. The van der Waals surface area contributed by atoms with Crippen LogP contribution >= 0.6 is 0 Å². The van der Waals surface area contributed by atoms with E-state index >= 15 is 0 Å². The Kier molecular flexibility index (Phi) is 3.43. The Morgan fingerprint density at radius 1 is 1.60 bits per heavy atom. The minimum atomic E-state index is -0.0765. The lowest BCUT2D eigenvalue weighted by atomic mass is 10.4. The van der Waals surface area contributed by atoms with Gasteiger partial charge < -0.3 is 16.0 Å². The van der Waals surface area contributed by atoms with E-state index in [1.54, 1.807) is 32.0 Å². The Balaban J connectivity index is 2.81. The SMILES string of the molecule is CNC(=O)CN(C)c1cc(N)nc(C)n1. The van der Waals surface area contributed by atoms with Crippen molar-refractivity contribution in [1.82, 2.24) is 15.3 Å². The third kappa shape index (κ3) is 3.08. The van der Waals surface area contributed by atoms with Gasteiger partial charge in [0, 0.05) is 20.2 Å². The number of rotatable bonds is 3. The topological polar surface area (TPSA) is 84.1 Å². The number of likely N-dealkylation sites (N-methyl/N-ethyl adjacent to an activating group) is 2. The highest BCUT2D eigenvalue weighted by Gasteiger charge is 2.08. The van der Waals surface area contributed by atoms with Crippen molar-refractivity contribution in [2.24, 2.45) is 0 Å². The molecule has 0 unspecified atom stereocenters. The van der Waals surface area contributed by atoms with Crippen molar-refractivity contribution in [3.8, 4) is 0 Å². The van der Waals surface area contributed by atoms with Crippen LogP contribution in [0.1, 0.15) is 5.82 Å². The van der Waals surface area contributed by atoms with Crippen LogP contribution in [0.4, 0.5) is 11.6 Å². The van der Waals surface area contributed by atoms with Gasteiger partial charge in [0.25, 0.3) is 0 Å². The Hall–Kier alpha value is -1.85. The van der Waals surface area contributed by atoms with Gasteiger partial charge in [-0.05, 0) is 6.92 Å². The number of nitrogens with two attached hydrogens (primary N) is 1. The number of anilines is 2. The van der Waals surface area contributed by atoms with Crippen LogP contribution < -0.4 is 16.0 Å². The van der Waals surface area contributed by atoms with Crippen molar-refractivity contribution in [2.45, 2.75) is 6.92 Å². The third-order valence-corrected chi connectivity index (χ3v) is 1.89. The molecule has 82 valence electrons. The average molecular weight is 209 g/mol. The number of nitrogens with zero attached hydrogens (tertiary/aromatic N) is 3. The van der Waals surface area contributed by atoms with Crippen molar-refractivity contribution < 1.29 is 4.79 Å². The summed E-state index contributed by atoms with van der Waals surface area (Å²) >= 11 is 0. The number of nitrogens with one attached hydrogen (secondary N) is 1. The first kappa shape index (κ1) is 11.2. The summed E-state index contributed by atoms with van der Waals surface area (Å²) in [6.07, 6.45) is 0. The number of aromatic nitrogens is 2. The lowest BCUT2D eigenvalue weighted by Gasteiger charge is -2.17. The van der Waals surface area contributed by atoms with Crippen molar-refractivity contribution >= 4 is 17.5 Å². The van der Waals surface area contributed by atoms with Gasteiger partial charge in [0.2, 0.25) is 5.91 Å². The minimum absolute atomic E-state index is 0.0765. The Morgan fingerprint density at radius 3 is 2.80 bits per heavy atom. The largest absolute Gasteiger partial charge is 0.384 e. The normalized spacial score (nSPS) is 9.80. The van der Waals surface area contributed by atoms with Gasteiger partial charge in [0.05, 0.1) is 6.54 Å². The van der Waals surface area contributed by atoms with E-state index in [1.807, 2.05) is 0 Å². The van der Waals surface area contributed by atoms with Gasteiger partial charge in [-0.3, -0.25) is 4.79 Å². The van der Waals surface area contributed by atoms with Gasteiger partial charge in [-0.1, -0.05) is 0 Å². The molecule has 0 aliphatic carbocycles. The maximum Gasteiger partial charge on any atom is 0.239 e. The lowest BCUT2D eigenvalue weighted by Crippen LogP contribution is -2.33. The molecule has 0 atom stereocenters. The monoisotopic (exact) mass is 209 g/mol. The molecule has 15 heavy (non-hydrogen) atoms. The van der Waals surface area contributed by atoms with Crippen molar-refractivity contribution in [3.63, 3.8) is 0 Å². The summed E-state index contributed by atoms with van der Waals surface area (Å²) in [6.45, 7) is 2.00. The van der Waals surface area contributed by atoms with Gasteiger partial charge in [-0.15, -0.1) is 0 Å². The maximum atomic E-state index is 11.1. The molecule has 0 saturated carbocycles. The van der Waals surface area contributed by atoms with Crippen LogP contribution in [0.25, 0.3) is 0 Å². The van der Waals surface area contributed by atoms with E-state index in [-0.39, 0.29) is 12.5 Å². The van der Waals surface area contributed by atoms with E-state index in [4.69, 9.17) is 5.73 Å². The predicted molar refractivity (Wildman–Crippen MR) is 58.5 cm³/mol. The standard InChI is InChI=1S/C9H15N5O/c1-6-12-7(10)4-8(13-6)14(3)5-9(15)11-2/h4H,5H2,1-3H3,(H,11,15)(H2,10,12,13). The fourth-order valence-electron chi connectivity index (χ4n) is 1.15. The predicted octanol–water partition coefficient (Wildman–Crippen LogP) is -0.451. The summed E-state index contributed by atoms with van der Waals surface area (Å²) in [5.74, 6) is 1.56. The Bertz CT molecular complexity index is 345. The number of carbonyl (C=O) groups is 1. The highest BCUT2D eigenvalue weighted by Crippen LogP contribution is 2.11. The van der Waals surface area contributed by atoms with Gasteiger partial charge in [0.1, 0.15) is 17.5 Å². The summed E-state index contributed by atoms with van der Waals surface area (Å²) in [5, 5.41) is 2.54. The highest BCUT2D eigenvalue weighted by atomic mass is 16.1. The first-order chi connectivity index (χ1) is 7.02. The fraction of sp³-hybridized carbons (Fsp3) is 0.444. The molecule has 0 aliphatic rings. The summed E-state index contributed by atoms with van der Waals surface area (Å²) in [6, 6.07) is 1.63. The molecule has 0 aliphatic heterocycles. The zero-order valence-corrected chi connectivity index (χ0v) is 9.11. The molecule has 1 rings (SSSR count). The van der Waals surface area contributed by atoms with Crippen molar-refractivity contribution in [2.75, 3.05) is 31.3 Å². The van der Waals surface area contributed by atoms with Crippen LogP contribution in [-0.4, -0.2) is 36.5 Å². The molecule has 0 fully saturated rings. The fourth-order valence-corrected chi connectivity index (χ4v) is 1.15. The third-order valence-electron chi connectivity index (χ3n) is 1.89. The second kappa shape index (κ2) is 4.59. The quantitative estimate of drug-likeness (QED) is 0.704. The van der Waals surface area contributed by atoms with Crippen LogP contribution in [0, 0.1) is 6.92 Å². The molecule has 0 bridgehead atoms. The maximum absolute atomic E-state index is 11.1. The minimum Gasteiger partial charge on any atom is -0.384 e. The molecule has 1 aromatic heterocycles. The highest BCUT2D eigenvalue weighted by molar-refractivity contribution is 5.80. The molecule has 1 amide bonds. The number of hydrogen-bond donors (Lipinski definition) is 2. The van der Waals surface area contributed by atoms with E-state index in [2.05, 4.69) is 15.3 Å². The zero-order chi connectivity index (χ0) is 11.4. The summed E-state index contributed by atoms with van der Waals surface area (Å²) in [7, 11) is 3.37. The van der Waals surface area contributed by atoms with E-state index in [1.165, 1.54) is 0 Å². The van der Waals surface area contributed by atoms with E-state index in [0.717, 1.165) is 0 Å². The van der Waals surface area contributed by atoms with E-state index in [0.29, 0.717) is 17.5 Å². The molecule has 0 radical (unpaired) electrons. The van der Waals surface area contributed by atoms with E-state index in [9.17, 15) is 4.79 Å². The first-order valence-corrected chi connectivity index (χ1v) is 4.56. The molecule has 3 N–H and O–H groups in total. The van der Waals surface area contributed by atoms with Crippen LogP contribution in [0.5, 0.6) is 0 Å². The van der Waals surface area contributed by atoms with Gasteiger partial charge in [0.15, 0.2) is 0 Å². The Morgan fingerprint density at radius 2 is 2.27 bits per heavy atom. The second-order valence-electron chi connectivity index (χ2n) is 3.23. The number of amides is 1. The van der Waals surface area contributed by atoms with Crippen LogP contribution in [0.2, 0.25) is 0 Å². The smallest absolute Gasteiger partial charge is 0.239 e. The molecule has 1 heterocycles. The molecule has 0 spiro atoms. The summed E-state index contributed by atoms with van der Waals surface area (Å²) < 4.78 is 0. The second-order valence-corrected chi connectivity index (χ2v) is 3.23. The summed E-state index contributed by atoms with van der Waals surface area (Å²) in [5.41, 5.74) is 5.58. The number of aryl methyl sites for hydroxylation is 1. The Labute approximate surface area is 88.5 Å². The van der Waals surface area contributed by atoms with Gasteiger partial charge in [-0.25, -0.2) is 9.97 Å². The molecule has 0 saturated heterocycles. The molecule has 0 aromatic carbocycles. The van der Waals surface area contributed by atoms with Crippen molar-refractivity contribution in [3.05, 3.63) is 11.9 Å². The van der Waals surface area contributed by atoms with Crippen molar-refractivity contribution in [1.29, 1.82) is 0 Å². The molecule has 1 aromatic rings. The van der Waals surface area contributed by atoms with Gasteiger partial charge >= 0.3 is 0 Å². The zero-order valence-electron chi connectivity index (χ0n) is 9.11.